The minimum Gasteiger partial charge on any atom is -0.380 e. The fraction of sp³-hybridized carbons (Fsp3) is 0.308. The summed E-state index contributed by atoms with van der Waals surface area (Å²) in [5.41, 5.74) is 3.75. The van der Waals surface area contributed by atoms with Crippen LogP contribution in [0.5, 0.6) is 0 Å². The topological polar surface area (TPSA) is 24.9 Å². The highest BCUT2D eigenvalue weighted by Crippen LogP contribution is 2.26. The zero-order valence-corrected chi connectivity index (χ0v) is 12.6. The molecule has 2 aromatic rings. The standard InChI is InChI=1S/C13H15BrN2S/c1-8-4-11(14)5-9(2)13(8)16-7-12-6-15-10(3)17-12/h4-6,16H,7H2,1-3H3. The van der Waals surface area contributed by atoms with Gasteiger partial charge in [0.2, 0.25) is 0 Å². The quantitative estimate of drug-likeness (QED) is 0.906. The Balaban J connectivity index is 2.14. The summed E-state index contributed by atoms with van der Waals surface area (Å²) in [6.45, 7) is 7.12. The lowest BCUT2D eigenvalue weighted by Crippen LogP contribution is -2.01. The zero-order valence-electron chi connectivity index (χ0n) is 10.2. The molecule has 0 atom stereocenters. The van der Waals surface area contributed by atoms with Gasteiger partial charge in [-0.05, 0) is 44.0 Å². The van der Waals surface area contributed by atoms with E-state index in [0.717, 1.165) is 16.0 Å². The van der Waals surface area contributed by atoms with Crippen molar-refractivity contribution in [3.8, 4) is 0 Å². The smallest absolute Gasteiger partial charge is 0.0897 e. The SMILES string of the molecule is Cc1ncc(CNc2c(C)cc(Br)cc2C)s1. The summed E-state index contributed by atoms with van der Waals surface area (Å²) < 4.78 is 1.13. The maximum atomic E-state index is 4.26. The number of hydrogen-bond acceptors (Lipinski definition) is 3. The average Bonchev–Trinajstić information content (AvgIpc) is 2.62. The molecule has 1 aromatic heterocycles. The van der Waals surface area contributed by atoms with Gasteiger partial charge in [0.1, 0.15) is 0 Å². The molecule has 0 fully saturated rings. The molecule has 4 heteroatoms. The zero-order chi connectivity index (χ0) is 12.4. The second-order valence-electron chi connectivity index (χ2n) is 4.11. The van der Waals surface area contributed by atoms with Crippen molar-refractivity contribution in [2.75, 3.05) is 5.32 Å². The Hall–Kier alpha value is -0.870. The normalized spacial score (nSPS) is 10.6. The lowest BCUT2D eigenvalue weighted by molar-refractivity contribution is 1.14. The molecule has 1 aromatic carbocycles. The van der Waals surface area contributed by atoms with E-state index in [9.17, 15) is 0 Å². The molecule has 17 heavy (non-hydrogen) atoms. The van der Waals surface area contributed by atoms with Crippen LogP contribution in [0.3, 0.4) is 0 Å². The molecule has 0 aliphatic rings. The van der Waals surface area contributed by atoms with Crippen LogP contribution in [0.4, 0.5) is 5.69 Å². The Labute approximate surface area is 114 Å². The van der Waals surface area contributed by atoms with Gasteiger partial charge >= 0.3 is 0 Å². The highest BCUT2D eigenvalue weighted by molar-refractivity contribution is 9.10. The van der Waals surface area contributed by atoms with Gasteiger partial charge in [-0.25, -0.2) is 4.98 Å². The van der Waals surface area contributed by atoms with Crippen LogP contribution in [0, 0.1) is 20.8 Å². The molecule has 0 radical (unpaired) electrons. The third kappa shape index (κ3) is 3.07. The first-order valence-electron chi connectivity index (χ1n) is 5.48. The monoisotopic (exact) mass is 310 g/mol. The van der Waals surface area contributed by atoms with Crippen molar-refractivity contribution in [2.45, 2.75) is 27.3 Å². The maximum Gasteiger partial charge on any atom is 0.0897 e. The molecular weight excluding hydrogens is 296 g/mol. The van der Waals surface area contributed by atoms with Crippen LogP contribution in [-0.4, -0.2) is 4.98 Å². The van der Waals surface area contributed by atoms with Gasteiger partial charge in [-0.15, -0.1) is 11.3 Å². The largest absolute Gasteiger partial charge is 0.380 e. The van der Waals surface area contributed by atoms with Crippen molar-refractivity contribution in [2.24, 2.45) is 0 Å². The number of halogens is 1. The predicted octanol–water partition coefficient (Wildman–Crippen LogP) is 4.44. The van der Waals surface area contributed by atoms with Crippen molar-refractivity contribution in [3.63, 3.8) is 0 Å². The van der Waals surface area contributed by atoms with E-state index in [2.05, 4.69) is 52.2 Å². The van der Waals surface area contributed by atoms with Gasteiger partial charge in [0.25, 0.3) is 0 Å². The summed E-state index contributed by atoms with van der Waals surface area (Å²) in [4.78, 5) is 5.53. The number of rotatable bonds is 3. The summed E-state index contributed by atoms with van der Waals surface area (Å²) in [6, 6.07) is 4.26. The Morgan fingerprint density at radius 2 is 1.88 bits per heavy atom. The molecular formula is C13H15BrN2S. The van der Waals surface area contributed by atoms with Crippen molar-refractivity contribution in [3.05, 3.63) is 43.8 Å². The van der Waals surface area contributed by atoms with E-state index in [0.29, 0.717) is 0 Å². The van der Waals surface area contributed by atoms with E-state index in [4.69, 9.17) is 0 Å². The number of hydrogen-bond donors (Lipinski definition) is 1. The third-order valence-electron chi connectivity index (χ3n) is 2.61. The second-order valence-corrected chi connectivity index (χ2v) is 6.35. The molecule has 0 bridgehead atoms. The molecule has 1 N–H and O–H groups in total. The molecule has 0 saturated heterocycles. The van der Waals surface area contributed by atoms with Crippen LogP contribution in [0.25, 0.3) is 0 Å². The van der Waals surface area contributed by atoms with Crippen LogP contribution in [-0.2, 0) is 6.54 Å². The van der Waals surface area contributed by atoms with Crippen molar-refractivity contribution in [1.82, 2.24) is 4.98 Å². The Morgan fingerprint density at radius 3 is 2.41 bits per heavy atom. The average molecular weight is 311 g/mol. The van der Waals surface area contributed by atoms with Crippen LogP contribution in [0.1, 0.15) is 21.0 Å². The van der Waals surface area contributed by atoms with Crippen molar-refractivity contribution < 1.29 is 0 Å². The van der Waals surface area contributed by atoms with Crippen LogP contribution < -0.4 is 5.32 Å². The number of aromatic nitrogens is 1. The van der Waals surface area contributed by atoms with Gasteiger partial charge in [-0.2, -0.15) is 0 Å². The van der Waals surface area contributed by atoms with Crippen LogP contribution in [0.15, 0.2) is 22.8 Å². The van der Waals surface area contributed by atoms with Crippen molar-refractivity contribution in [1.29, 1.82) is 0 Å². The lowest BCUT2D eigenvalue weighted by atomic mass is 10.1. The molecule has 0 unspecified atom stereocenters. The summed E-state index contributed by atoms with van der Waals surface area (Å²) in [5, 5.41) is 4.60. The van der Waals surface area contributed by atoms with Gasteiger partial charge in [0, 0.05) is 21.2 Å². The number of aryl methyl sites for hydroxylation is 3. The van der Waals surface area contributed by atoms with Gasteiger partial charge < -0.3 is 5.32 Å². The Kier molecular flexibility index (Phi) is 3.84. The second kappa shape index (κ2) is 5.19. The van der Waals surface area contributed by atoms with E-state index >= 15 is 0 Å². The molecule has 0 saturated carbocycles. The fourth-order valence-electron chi connectivity index (χ4n) is 1.85. The summed E-state index contributed by atoms with van der Waals surface area (Å²) in [5.74, 6) is 0. The predicted molar refractivity (Wildman–Crippen MR) is 77.8 cm³/mol. The molecule has 0 amide bonds. The van der Waals surface area contributed by atoms with E-state index in [1.54, 1.807) is 11.3 Å². The van der Waals surface area contributed by atoms with E-state index in [-0.39, 0.29) is 0 Å². The fourth-order valence-corrected chi connectivity index (χ4v) is 3.27. The highest BCUT2D eigenvalue weighted by Gasteiger charge is 2.05. The Bertz CT molecular complexity index is 511. The van der Waals surface area contributed by atoms with Crippen molar-refractivity contribution >= 4 is 33.0 Å². The summed E-state index contributed by atoms with van der Waals surface area (Å²) in [6.07, 6.45) is 1.94. The van der Waals surface area contributed by atoms with E-state index in [1.165, 1.54) is 21.7 Å². The van der Waals surface area contributed by atoms with Gasteiger partial charge in [0.15, 0.2) is 0 Å². The maximum absolute atomic E-state index is 4.26. The number of thiazole rings is 1. The third-order valence-corrected chi connectivity index (χ3v) is 3.98. The van der Waals surface area contributed by atoms with Crippen LogP contribution in [0.2, 0.25) is 0 Å². The minimum atomic E-state index is 0.842. The van der Waals surface area contributed by atoms with Gasteiger partial charge in [-0.3, -0.25) is 0 Å². The highest BCUT2D eigenvalue weighted by atomic mass is 79.9. The Morgan fingerprint density at radius 1 is 1.24 bits per heavy atom. The first-order valence-corrected chi connectivity index (χ1v) is 7.09. The van der Waals surface area contributed by atoms with E-state index in [1.807, 2.05) is 13.1 Å². The molecule has 90 valence electrons. The summed E-state index contributed by atoms with van der Waals surface area (Å²) >= 11 is 5.25. The molecule has 1 heterocycles. The van der Waals surface area contributed by atoms with Gasteiger partial charge in [0.05, 0.1) is 11.6 Å². The molecule has 0 aliphatic carbocycles. The first kappa shape index (κ1) is 12.6. The summed E-state index contributed by atoms with van der Waals surface area (Å²) in [7, 11) is 0. The number of benzene rings is 1. The van der Waals surface area contributed by atoms with E-state index < -0.39 is 0 Å². The minimum absolute atomic E-state index is 0.842. The first-order chi connectivity index (χ1) is 8.06. The lowest BCUT2D eigenvalue weighted by Gasteiger charge is -2.12. The van der Waals surface area contributed by atoms with Gasteiger partial charge in [-0.1, -0.05) is 15.9 Å². The number of nitrogens with one attached hydrogen (secondary N) is 1. The number of anilines is 1. The molecule has 0 spiro atoms. The number of nitrogens with zero attached hydrogens (tertiary/aromatic N) is 1. The van der Waals surface area contributed by atoms with Crippen LogP contribution >= 0.6 is 27.3 Å². The molecule has 0 aliphatic heterocycles. The molecule has 2 nitrogen and oxygen atoms in total. The molecule has 2 rings (SSSR count).